The first-order valence-electron chi connectivity index (χ1n) is 4.77. The third-order valence-corrected chi connectivity index (χ3v) is 1.67. The van der Waals surface area contributed by atoms with E-state index in [1.54, 1.807) is 7.11 Å². The van der Waals surface area contributed by atoms with E-state index in [1.807, 2.05) is 0 Å². The first kappa shape index (κ1) is 12.5. The van der Waals surface area contributed by atoms with Gasteiger partial charge in [0.25, 0.3) is 0 Å². The van der Waals surface area contributed by atoms with Crippen molar-refractivity contribution in [3.8, 4) is 0 Å². The van der Waals surface area contributed by atoms with Gasteiger partial charge in [0, 0.05) is 32.6 Å². The summed E-state index contributed by atoms with van der Waals surface area (Å²) >= 11 is 0. The fourth-order valence-electron chi connectivity index (χ4n) is 0.964. The molecule has 3 nitrogen and oxygen atoms in total. The van der Waals surface area contributed by atoms with Crippen LogP contribution in [0.4, 0.5) is 0 Å². The van der Waals surface area contributed by atoms with Gasteiger partial charge >= 0.3 is 0 Å². The lowest BCUT2D eigenvalue weighted by atomic mass is 10.2. The van der Waals surface area contributed by atoms with Gasteiger partial charge in [-0.25, -0.2) is 0 Å². The second-order valence-corrected chi connectivity index (χ2v) is 3.07. The number of hydrogen-bond acceptors (Lipinski definition) is 3. The Morgan fingerprint density at radius 1 is 1.15 bits per heavy atom. The quantitative estimate of drug-likeness (QED) is 0.559. The van der Waals surface area contributed by atoms with Crippen molar-refractivity contribution in [2.45, 2.75) is 25.7 Å². The summed E-state index contributed by atoms with van der Waals surface area (Å²) < 4.78 is 10.3. The van der Waals surface area contributed by atoms with E-state index in [0.717, 1.165) is 51.2 Å². The summed E-state index contributed by atoms with van der Waals surface area (Å²) in [5.74, 6) is 0. The number of methoxy groups -OCH3 is 1. The van der Waals surface area contributed by atoms with Gasteiger partial charge in [0.1, 0.15) is 0 Å². The molecule has 0 aromatic heterocycles. The van der Waals surface area contributed by atoms with Gasteiger partial charge in [-0.05, 0) is 25.7 Å². The number of unbranched alkanes of at least 4 members (excludes halogenated alkanes) is 1. The molecule has 0 spiro atoms. The molecule has 0 amide bonds. The van der Waals surface area contributed by atoms with Crippen LogP contribution in [0.15, 0.2) is 12.3 Å². The lowest BCUT2D eigenvalue weighted by Crippen LogP contribution is -2.01. The molecule has 0 aliphatic carbocycles. The molecule has 0 saturated heterocycles. The van der Waals surface area contributed by atoms with E-state index < -0.39 is 0 Å². The molecule has 0 heterocycles. The fraction of sp³-hybridized carbons (Fsp3) is 0.800. The van der Waals surface area contributed by atoms with Crippen molar-refractivity contribution in [2.75, 3.05) is 26.9 Å². The van der Waals surface area contributed by atoms with E-state index in [-0.39, 0.29) is 0 Å². The molecule has 0 bridgehead atoms. The Bertz CT molecular complexity index is 126. The molecule has 3 heteroatoms. The zero-order valence-electron chi connectivity index (χ0n) is 8.55. The monoisotopic (exact) mass is 187 g/mol. The lowest BCUT2D eigenvalue weighted by Gasteiger charge is -2.03. The van der Waals surface area contributed by atoms with Crippen LogP contribution in [-0.4, -0.2) is 26.9 Å². The molecule has 0 atom stereocenters. The first-order chi connectivity index (χ1) is 6.27. The van der Waals surface area contributed by atoms with Crippen molar-refractivity contribution in [1.29, 1.82) is 0 Å². The normalized spacial score (nSPS) is 10.2. The average Bonchev–Trinajstić information content (AvgIpc) is 2.09. The van der Waals surface area contributed by atoms with Crippen LogP contribution in [0.2, 0.25) is 0 Å². The Labute approximate surface area is 80.9 Å². The zero-order chi connectivity index (χ0) is 9.94. The van der Waals surface area contributed by atoms with Crippen LogP contribution < -0.4 is 5.73 Å². The second-order valence-electron chi connectivity index (χ2n) is 3.07. The van der Waals surface area contributed by atoms with Crippen molar-refractivity contribution in [2.24, 2.45) is 5.73 Å². The van der Waals surface area contributed by atoms with Gasteiger partial charge in [0.15, 0.2) is 0 Å². The summed E-state index contributed by atoms with van der Waals surface area (Å²) in [6.07, 6.45) is 4.00. The summed E-state index contributed by atoms with van der Waals surface area (Å²) in [6, 6.07) is 0. The van der Waals surface area contributed by atoms with Gasteiger partial charge in [0.05, 0.1) is 0 Å². The van der Waals surface area contributed by atoms with E-state index >= 15 is 0 Å². The van der Waals surface area contributed by atoms with Crippen LogP contribution in [0.3, 0.4) is 0 Å². The van der Waals surface area contributed by atoms with Crippen molar-refractivity contribution < 1.29 is 9.47 Å². The molecular formula is C10H21NO2. The second kappa shape index (κ2) is 9.55. The van der Waals surface area contributed by atoms with Crippen LogP contribution in [-0.2, 0) is 9.47 Å². The maximum absolute atomic E-state index is 5.42. The van der Waals surface area contributed by atoms with E-state index in [9.17, 15) is 0 Å². The third kappa shape index (κ3) is 11.5. The summed E-state index contributed by atoms with van der Waals surface area (Å²) in [6.45, 7) is 6.02. The third-order valence-electron chi connectivity index (χ3n) is 1.67. The zero-order valence-corrected chi connectivity index (χ0v) is 8.55. The summed E-state index contributed by atoms with van der Waals surface area (Å²) in [5.41, 5.74) is 6.18. The topological polar surface area (TPSA) is 44.5 Å². The Morgan fingerprint density at radius 2 is 1.85 bits per heavy atom. The molecule has 0 aromatic rings. The molecule has 13 heavy (non-hydrogen) atoms. The molecule has 0 aliphatic heterocycles. The molecule has 0 fully saturated rings. The first-order valence-corrected chi connectivity index (χ1v) is 4.77. The summed E-state index contributed by atoms with van der Waals surface area (Å²) in [4.78, 5) is 0. The maximum Gasteiger partial charge on any atom is 0.0487 e. The fourth-order valence-corrected chi connectivity index (χ4v) is 0.964. The SMILES string of the molecule is C=C(N)CCCCOCCCOC. The minimum atomic E-state index is 0.763. The Balaban J connectivity index is 2.87. The van der Waals surface area contributed by atoms with E-state index in [1.165, 1.54) is 0 Å². The molecule has 0 saturated carbocycles. The standard InChI is InChI=1S/C10H21NO2/c1-10(11)6-3-4-8-13-9-5-7-12-2/h1,3-9,11H2,2H3. The number of rotatable bonds is 9. The van der Waals surface area contributed by atoms with E-state index in [0.29, 0.717) is 0 Å². The van der Waals surface area contributed by atoms with Gasteiger partial charge < -0.3 is 15.2 Å². The van der Waals surface area contributed by atoms with Gasteiger partial charge in [-0.2, -0.15) is 0 Å². The highest BCUT2D eigenvalue weighted by molar-refractivity contribution is 4.84. The van der Waals surface area contributed by atoms with Gasteiger partial charge in [-0.1, -0.05) is 6.58 Å². The van der Waals surface area contributed by atoms with Crippen LogP contribution in [0, 0.1) is 0 Å². The van der Waals surface area contributed by atoms with E-state index in [4.69, 9.17) is 15.2 Å². The molecule has 0 aliphatic rings. The smallest absolute Gasteiger partial charge is 0.0487 e. The molecule has 0 radical (unpaired) electrons. The lowest BCUT2D eigenvalue weighted by molar-refractivity contribution is 0.100. The molecule has 0 unspecified atom stereocenters. The van der Waals surface area contributed by atoms with Gasteiger partial charge in [0.2, 0.25) is 0 Å². The summed E-state index contributed by atoms with van der Waals surface area (Å²) in [7, 11) is 1.70. The molecule has 0 rings (SSSR count). The number of allylic oxidation sites excluding steroid dienone is 1. The number of hydrogen-bond donors (Lipinski definition) is 1. The minimum absolute atomic E-state index is 0.763. The molecule has 0 aromatic carbocycles. The van der Waals surface area contributed by atoms with Crippen LogP contribution in [0.1, 0.15) is 25.7 Å². The average molecular weight is 187 g/mol. The summed E-state index contributed by atoms with van der Waals surface area (Å²) in [5, 5.41) is 0. The van der Waals surface area contributed by atoms with E-state index in [2.05, 4.69) is 6.58 Å². The highest BCUT2D eigenvalue weighted by atomic mass is 16.5. The van der Waals surface area contributed by atoms with Crippen molar-refractivity contribution in [3.05, 3.63) is 12.3 Å². The minimum Gasteiger partial charge on any atom is -0.403 e. The largest absolute Gasteiger partial charge is 0.403 e. The number of nitrogens with two attached hydrogens (primary N) is 1. The predicted molar refractivity (Wildman–Crippen MR) is 54.5 cm³/mol. The molecule has 2 N–H and O–H groups in total. The van der Waals surface area contributed by atoms with Crippen molar-refractivity contribution in [1.82, 2.24) is 0 Å². The van der Waals surface area contributed by atoms with Crippen LogP contribution in [0.5, 0.6) is 0 Å². The van der Waals surface area contributed by atoms with Crippen LogP contribution in [0.25, 0.3) is 0 Å². The van der Waals surface area contributed by atoms with Crippen molar-refractivity contribution >= 4 is 0 Å². The molecular weight excluding hydrogens is 166 g/mol. The highest BCUT2D eigenvalue weighted by Gasteiger charge is 1.91. The molecule has 78 valence electrons. The van der Waals surface area contributed by atoms with Gasteiger partial charge in [-0.3, -0.25) is 0 Å². The maximum atomic E-state index is 5.42. The van der Waals surface area contributed by atoms with Crippen LogP contribution >= 0.6 is 0 Å². The van der Waals surface area contributed by atoms with Crippen molar-refractivity contribution in [3.63, 3.8) is 0 Å². The Kier molecular flexibility index (Phi) is 9.15. The highest BCUT2D eigenvalue weighted by Crippen LogP contribution is 1.99. The Hall–Kier alpha value is -0.540. The number of ether oxygens (including phenoxy) is 2. The van der Waals surface area contributed by atoms with Gasteiger partial charge in [-0.15, -0.1) is 0 Å². The Morgan fingerprint density at radius 3 is 2.46 bits per heavy atom. The predicted octanol–water partition coefficient (Wildman–Crippen LogP) is 1.68.